The van der Waals surface area contributed by atoms with Crippen molar-refractivity contribution in [3.05, 3.63) is 61.2 Å². The number of likely N-dealkylation sites (tertiary alicyclic amines) is 1. The first-order valence-electron chi connectivity index (χ1n) is 16.3. The van der Waals surface area contributed by atoms with E-state index < -0.39 is 53.6 Å². The fraction of sp³-hybridized carbons (Fsp3) is 0.600. The minimum absolute atomic E-state index is 0.0482. The van der Waals surface area contributed by atoms with Crippen LogP contribution in [0.5, 0.6) is 0 Å². The van der Waals surface area contributed by atoms with Gasteiger partial charge in [-0.15, -0.1) is 13.2 Å². The molecular formula is C35H48BrN3O7. The topological polar surface area (TPSA) is 125 Å². The van der Waals surface area contributed by atoms with Crippen LogP contribution in [0.25, 0.3) is 0 Å². The summed E-state index contributed by atoms with van der Waals surface area (Å²) in [7, 11) is 0. The van der Waals surface area contributed by atoms with Gasteiger partial charge in [0.25, 0.3) is 0 Å². The lowest BCUT2D eigenvalue weighted by Crippen LogP contribution is -2.60. The van der Waals surface area contributed by atoms with E-state index in [-0.39, 0.29) is 42.1 Å². The van der Waals surface area contributed by atoms with Gasteiger partial charge in [-0.05, 0) is 30.7 Å². The van der Waals surface area contributed by atoms with E-state index >= 15 is 0 Å². The molecule has 0 radical (unpaired) electrons. The van der Waals surface area contributed by atoms with E-state index in [4.69, 9.17) is 9.47 Å². The molecule has 3 aliphatic heterocycles. The molecule has 2 bridgehead atoms. The van der Waals surface area contributed by atoms with E-state index in [1.807, 2.05) is 51.1 Å². The van der Waals surface area contributed by atoms with Crippen molar-refractivity contribution >= 4 is 39.6 Å². The Morgan fingerprint density at radius 2 is 1.96 bits per heavy atom. The zero-order valence-electron chi connectivity index (χ0n) is 27.1. The van der Waals surface area contributed by atoms with Gasteiger partial charge in [0.2, 0.25) is 17.7 Å². The van der Waals surface area contributed by atoms with Crippen LogP contribution in [0.15, 0.2) is 55.6 Å². The van der Waals surface area contributed by atoms with Crippen LogP contribution in [0.1, 0.15) is 64.5 Å². The van der Waals surface area contributed by atoms with Crippen molar-refractivity contribution in [2.24, 2.45) is 17.8 Å². The molecule has 0 aliphatic carbocycles. The number of rotatable bonds is 17. The Morgan fingerprint density at radius 3 is 2.57 bits per heavy atom. The lowest BCUT2D eigenvalue weighted by Gasteiger charge is -2.40. The monoisotopic (exact) mass is 701 g/mol. The number of esters is 1. The molecule has 0 saturated carbocycles. The second kappa shape index (κ2) is 15.7. The van der Waals surface area contributed by atoms with Crippen molar-refractivity contribution in [1.82, 2.24) is 15.1 Å². The van der Waals surface area contributed by atoms with Gasteiger partial charge in [-0.1, -0.05) is 85.6 Å². The van der Waals surface area contributed by atoms with Crippen molar-refractivity contribution in [3.8, 4) is 0 Å². The van der Waals surface area contributed by atoms with Gasteiger partial charge in [-0.3, -0.25) is 19.2 Å². The number of amides is 3. The predicted octanol–water partition coefficient (Wildman–Crippen LogP) is 3.93. The molecule has 252 valence electrons. The van der Waals surface area contributed by atoms with Crippen LogP contribution in [-0.2, 0) is 28.7 Å². The van der Waals surface area contributed by atoms with Gasteiger partial charge in [0, 0.05) is 24.3 Å². The lowest BCUT2D eigenvalue weighted by atomic mass is 9.70. The Balaban J connectivity index is 1.70. The first-order chi connectivity index (χ1) is 22.1. The average molecular weight is 703 g/mol. The number of aliphatic hydroxyl groups is 1. The Labute approximate surface area is 280 Å². The number of halogens is 1. The molecule has 2 N–H and O–H groups in total. The molecule has 0 aromatic heterocycles. The van der Waals surface area contributed by atoms with Gasteiger partial charge in [0.1, 0.15) is 17.7 Å². The maximum Gasteiger partial charge on any atom is 0.313 e. The van der Waals surface area contributed by atoms with Gasteiger partial charge in [-0.2, -0.15) is 0 Å². The van der Waals surface area contributed by atoms with E-state index in [1.165, 1.54) is 4.90 Å². The van der Waals surface area contributed by atoms with E-state index in [1.54, 1.807) is 17.1 Å². The lowest BCUT2D eigenvalue weighted by molar-refractivity contribution is -0.161. The van der Waals surface area contributed by atoms with Crippen LogP contribution in [0.4, 0.5) is 0 Å². The normalized spacial score (nSPS) is 27.7. The van der Waals surface area contributed by atoms with Crippen LogP contribution in [0, 0.1) is 17.8 Å². The first-order valence-corrected chi connectivity index (χ1v) is 17.2. The summed E-state index contributed by atoms with van der Waals surface area (Å²) in [4.78, 5) is 58.5. The molecule has 8 atom stereocenters. The molecule has 3 heterocycles. The molecule has 3 aliphatic rings. The summed E-state index contributed by atoms with van der Waals surface area (Å²) in [5, 5.41) is 13.3. The van der Waals surface area contributed by atoms with Crippen molar-refractivity contribution < 1.29 is 33.8 Å². The van der Waals surface area contributed by atoms with Crippen molar-refractivity contribution in [3.63, 3.8) is 0 Å². The number of ether oxygens (including phenoxy) is 2. The van der Waals surface area contributed by atoms with Gasteiger partial charge in [-0.25, -0.2) is 0 Å². The fourth-order valence-corrected chi connectivity index (χ4v) is 8.15. The highest BCUT2D eigenvalue weighted by atomic mass is 79.9. The molecular weight excluding hydrogens is 654 g/mol. The molecule has 10 nitrogen and oxygen atoms in total. The molecule has 1 unspecified atom stereocenters. The van der Waals surface area contributed by atoms with Gasteiger partial charge in [0.05, 0.1) is 37.1 Å². The summed E-state index contributed by atoms with van der Waals surface area (Å²) in [5.41, 5.74) is -0.594. The van der Waals surface area contributed by atoms with Gasteiger partial charge >= 0.3 is 5.97 Å². The SMILES string of the molecule is C=CCCC(=O)NC[C@H](OC(=O)[C@@H]1[C@H]2O[C@@]3(CC2Br)[C@H](C(=O)N(CC=C)CCCC)N([C@@H](CO)C(C)C)C(=O)[C@@H]13)c1ccccc1. The summed E-state index contributed by atoms with van der Waals surface area (Å²) in [6, 6.07) is 7.43. The Kier molecular flexibility index (Phi) is 12.2. The maximum absolute atomic E-state index is 14.5. The molecule has 11 heteroatoms. The molecule has 3 fully saturated rings. The smallest absolute Gasteiger partial charge is 0.313 e. The number of hydrogen-bond donors (Lipinski definition) is 2. The molecule has 1 aromatic carbocycles. The molecule has 1 aromatic rings. The Bertz CT molecular complexity index is 1280. The van der Waals surface area contributed by atoms with Crippen LogP contribution in [0.3, 0.4) is 0 Å². The molecule has 1 spiro atoms. The van der Waals surface area contributed by atoms with Crippen LogP contribution in [0.2, 0.25) is 0 Å². The summed E-state index contributed by atoms with van der Waals surface area (Å²) in [6.45, 7) is 13.8. The van der Waals surface area contributed by atoms with Crippen LogP contribution >= 0.6 is 15.9 Å². The number of unbranched alkanes of at least 4 members (excludes halogenated alkanes) is 1. The number of hydrogen-bond acceptors (Lipinski definition) is 7. The van der Waals surface area contributed by atoms with Crippen molar-refractivity contribution in [1.29, 1.82) is 0 Å². The first kappa shape index (κ1) is 35.8. The number of carbonyl (C=O) groups is 4. The van der Waals surface area contributed by atoms with Crippen molar-refractivity contribution in [2.75, 3.05) is 26.2 Å². The summed E-state index contributed by atoms with van der Waals surface area (Å²) in [6.07, 6.45) is 4.59. The van der Waals surface area contributed by atoms with E-state index in [9.17, 15) is 24.3 Å². The van der Waals surface area contributed by atoms with Crippen molar-refractivity contribution in [2.45, 2.75) is 87.6 Å². The third-order valence-corrected chi connectivity index (χ3v) is 10.3. The van der Waals surface area contributed by atoms with E-state index in [0.29, 0.717) is 31.5 Å². The Morgan fingerprint density at radius 1 is 1.24 bits per heavy atom. The highest BCUT2D eigenvalue weighted by molar-refractivity contribution is 9.09. The predicted molar refractivity (Wildman–Crippen MR) is 178 cm³/mol. The van der Waals surface area contributed by atoms with Gasteiger partial charge < -0.3 is 29.7 Å². The standard InChI is InChI=1S/C35H48BrN3O7/c1-6-9-16-27(41)37-20-26(23-14-12-11-13-15-23)45-34(44)28-29-32(42)39(25(21-40)22(4)5)31(35(29)19-24(36)30(28)46-35)33(43)38(17-8-3)18-10-7-2/h6,8,11-15,22,24-26,28-31,40H,1,3,7,9-10,16-21H2,2,4-5H3,(H,37,41)/t24?,25-,26-,28-,29+,30-,31-,35+/m0/s1. The number of carbonyl (C=O) groups excluding carboxylic acids is 4. The van der Waals surface area contributed by atoms with Crippen LogP contribution < -0.4 is 5.32 Å². The zero-order chi connectivity index (χ0) is 33.6. The second-order valence-corrected chi connectivity index (χ2v) is 14.0. The third-order valence-electron chi connectivity index (χ3n) is 9.48. The summed E-state index contributed by atoms with van der Waals surface area (Å²) >= 11 is 3.71. The number of nitrogens with one attached hydrogen (secondary N) is 1. The summed E-state index contributed by atoms with van der Waals surface area (Å²) in [5.74, 6) is -3.63. The number of nitrogens with zero attached hydrogens (tertiary/aromatic N) is 2. The number of benzene rings is 1. The molecule has 3 saturated heterocycles. The van der Waals surface area contributed by atoms with E-state index in [0.717, 1.165) is 12.8 Å². The average Bonchev–Trinajstić information content (AvgIpc) is 3.63. The summed E-state index contributed by atoms with van der Waals surface area (Å²) < 4.78 is 12.8. The Hall–Kier alpha value is -3.02. The minimum atomic E-state index is -1.29. The molecule has 46 heavy (non-hydrogen) atoms. The minimum Gasteiger partial charge on any atom is -0.455 e. The van der Waals surface area contributed by atoms with Gasteiger partial charge in [0.15, 0.2) is 0 Å². The highest BCUT2D eigenvalue weighted by Gasteiger charge is 2.77. The number of allylic oxidation sites excluding steroid dienone is 1. The second-order valence-electron chi connectivity index (χ2n) is 12.8. The molecule has 3 amide bonds. The number of alkyl halides is 1. The quantitative estimate of drug-likeness (QED) is 0.143. The van der Waals surface area contributed by atoms with Crippen LogP contribution in [-0.4, -0.2) is 93.5 Å². The highest BCUT2D eigenvalue weighted by Crippen LogP contribution is 2.61. The molecule has 4 rings (SSSR count). The number of aliphatic hydroxyl groups excluding tert-OH is 1. The number of fused-ring (bicyclic) bond motifs is 1. The fourth-order valence-electron chi connectivity index (χ4n) is 7.20. The maximum atomic E-state index is 14.5. The van der Waals surface area contributed by atoms with E-state index in [2.05, 4.69) is 34.4 Å². The largest absolute Gasteiger partial charge is 0.455 e. The zero-order valence-corrected chi connectivity index (χ0v) is 28.7. The third kappa shape index (κ3) is 6.96.